The summed E-state index contributed by atoms with van der Waals surface area (Å²) in [6, 6.07) is 13.0. The topological polar surface area (TPSA) is 47.6 Å². The van der Waals surface area contributed by atoms with E-state index in [0.717, 1.165) is 12.1 Å². The van der Waals surface area contributed by atoms with Gasteiger partial charge in [-0.15, -0.1) is 0 Å². The first kappa shape index (κ1) is 12.5. The average molecular weight is 269 g/mol. The van der Waals surface area contributed by atoms with Gasteiger partial charge in [0.05, 0.1) is 0 Å². The highest BCUT2D eigenvalue weighted by atomic mass is 16.7. The van der Waals surface area contributed by atoms with Crippen molar-refractivity contribution in [1.29, 1.82) is 0 Å². The lowest BCUT2D eigenvalue weighted by Gasteiger charge is -2.06. The number of hydrogen-bond acceptors (Lipinski definition) is 3. The molecule has 102 valence electrons. The fourth-order valence-corrected chi connectivity index (χ4v) is 2.06. The third kappa shape index (κ3) is 2.45. The monoisotopic (exact) mass is 269 g/mol. The van der Waals surface area contributed by atoms with Crippen LogP contribution in [0, 0.1) is 0 Å². The highest BCUT2D eigenvalue weighted by Crippen LogP contribution is 2.32. The largest absolute Gasteiger partial charge is 0.454 e. The number of ether oxygens (including phenoxy) is 2. The highest BCUT2D eigenvalue weighted by molar-refractivity contribution is 6.04. The summed E-state index contributed by atoms with van der Waals surface area (Å²) in [7, 11) is 0. The van der Waals surface area contributed by atoms with Gasteiger partial charge in [0.25, 0.3) is 5.91 Å². The lowest BCUT2D eigenvalue weighted by Crippen LogP contribution is -2.11. The predicted molar refractivity (Wildman–Crippen MR) is 76.3 cm³/mol. The van der Waals surface area contributed by atoms with Crippen LogP contribution in [0.1, 0.15) is 22.8 Å². The first-order valence-corrected chi connectivity index (χ1v) is 6.56. The van der Waals surface area contributed by atoms with E-state index in [1.165, 1.54) is 5.56 Å². The molecule has 0 saturated heterocycles. The zero-order valence-corrected chi connectivity index (χ0v) is 11.2. The molecule has 3 rings (SSSR count). The molecule has 1 heterocycles. The van der Waals surface area contributed by atoms with E-state index in [4.69, 9.17) is 9.47 Å². The van der Waals surface area contributed by atoms with Gasteiger partial charge in [0.1, 0.15) is 0 Å². The Balaban J connectivity index is 1.75. The van der Waals surface area contributed by atoms with E-state index in [1.807, 2.05) is 24.3 Å². The molecule has 1 N–H and O–H groups in total. The second kappa shape index (κ2) is 5.25. The second-order valence-electron chi connectivity index (χ2n) is 4.57. The molecule has 4 heteroatoms. The van der Waals surface area contributed by atoms with Gasteiger partial charge in [0.2, 0.25) is 6.79 Å². The Labute approximate surface area is 117 Å². The Kier molecular flexibility index (Phi) is 3.29. The quantitative estimate of drug-likeness (QED) is 0.930. The van der Waals surface area contributed by atoms with E-state index >= 15 is 0 Å². The van der Waals surface area contributed by atoms with E-state index in [2.05, 4.69) is 12.2 Å². The summed E-state index contributed by atoms with van der Waals surface area (Å²) in [4.78, 5) is 12.2. The van der Waals surface area contributed by atoms with Crippen molar-refractivity contribution in [3.8, 4) is 11.5 Å². The van der Waals surface area contributed by atoms with Crippen LogP contribution in [0.4, 0.5) is 5.69 Å². The predicted octanol–water partition coefficient (Wildman–Crippen LogP) is 3.23. The molecule has 20 heavy (non-hydrogen) atoms. The summed E-state index contributed by atoms with van der Waals surface area (Å²) in [5.41, 5.74) is 2.57. The minimum atomic E-state index is -0.160. The summed E-state index contributed by atoms with van der Waals surface area (Å²) in [6.07, 6.45) is 0.983. The zero-order valence-electron chi connectivity index (χ0n) is 11.2. The standard InChI is InChI=1S/C16H15NO3/c1-2-11-3-6-13(7-4-11)17-16(18)12-5-8-14-15(9-12)20-10-19-14/h3-9H,2,10H2,1H3,(H,17,18). The van der Waals surface area contributed by atoms with E-state index < -0.39 is 0 Å². The summed E-state index contributed by atoms with van der Waals surface area (Å²) < 4.78 is 10.5. The summed E-state index contributed by atoms with van der Waals surface area (Å²) in [6.45, 7) is 2.30. The van der Waals surface area contributed by atoms with E-state index in [1.54, 1.807) is 18.2 Å². The second-order valence-corrected chi connectivity index (χ2v) is 4.57. The van der Waals surface area contributed by atoms with Crippen LogP contribution in [0.5, 0.6) is 11.5 Å². The van der Waals surface area contributed by atoms with Crippen molar-refractivity contribution >= 4 is 11.6 Å². The van der Waals surface area contributed by atoms with Crippen LogP contribution in [0.15, 0.2) is 42.5 Å². The molecule has 0 aliphatic carbocycles. The number of anilines is 1. The Hall–Kier alpha value is -2.49. The number of aryl methyl sites for hydroxylation is 1. The van der Waals surface area contributed by atoms with Gasteiger partial charge in [0, 0.05) is 11.3 Å². The average Bonchev–Trinajstić information content (AvgIpc) is 2.95. The van der Waals surface area contributed by atoms with Crippen molar-refractivity contribution in [2.45, 2.75) is 13.3 Å². The lowest BCUT2D eigenvalue weighted by molar-refractivity contribution is 0.102. The van der Waals surface area contributed by atoms with Crippen LogP contribution in [-0.2, 0) is 6.42 Å². The van der Waals surface area contributed by atoms with Gasteiger partial charge in [-0.05, 0) is 42.3 Å². The van der Waals surface area contributed by atoms with E-state index in [0.29, 0.717) is 17.1 Å². The fraction of sp³-hybridized carbons (Fsp3) is 0.188. The number of benzene rings is 2. The highest BCUT2D eigenvalue weighted by Gasteiger charge is 2.16. The van der Waals surface area contributed by atoms with E-state index in [9.17, 15) is 4.79 Å². The van der Waals surface area contributed by atoms with Gasteiger partial charge in [-0.1, -0.05) is 19.1 Å². The lowest BCUT2D eigenvalue weighted by atomic mass is 10.1. The molecule has 0 radical (unpaired) electrons. The maximum Gasteiger partial charge on any atom is 0.255 e. The number of nitrogens with one attached hydrogen (secondary N) is 1. The molecule has 1 aliphatic heterocycles. The van der Waals surface area contributed by atoms with Gasteiger partial charge in [-0.3, -0.25) is 4.79 Å². The maximum atomic E-state index is 12.2. The van der Waals surface area contributed by atoms with Gasteiger partial charge >= 0.3 is 0 Å². The van der Waals surface area contributed by atoms with Gasteiger partial charge in [-0.2, -0.15) is 0 Å². The molecule has 0 fully saturated rings. The van der Waals surface area contributed by atoms with Crippen LogP contribution in [0.2, 0.25) is 0 Å². The normalized spacial score (nSPS) is 12.2. The molecule has 0 spiro atoms. The number of hydrogen-bond donors (Lipinski definition) is 1. The molecule has 2 aromatic carbocycles. The molecule has 1 aliphatic rings. The minimum Gasteiger partial charge on any atom is -0.454 e. The van der Waals surface area contributed by atoms with Crippen molar-refractivity contribution in [3.63, 3.8) is 0 Å². The Morgan fingerprint density at radius 3 is 2.60 bits per heavy atom. The number of carbonyl (C=O) groups excluding carboxylic acids is 1. The van der Waals surface area contributed by atoms with Crippen LogP contribution in [-0.4, -0.2) is 12.7 Å². The van der Waals surface area contributed by atoms with Crippen molar-refractivity contribution in [2.75, 3.05) is 12.1 Å². The molecule has 0 bridgehead atoms. The fourth-order valence-electron chi connectivity index (χ4n) is 2.06. The summed E-state index contributed by atoms with van der Waals surface area (Å²) in [5.74, 6) is 1.13. The molecule has 0 saturated carbocycles. The molecule has 4 nitrogen and oxygen atoms in total. The third-order valence-corrected chi connectivity index (χ3v) is 3.25. The zero-order chi connectivity index (χ0) is 13.9. The molecular formula is C16H15NO3. The number of fused-ring (bicyclic) bond motifs is 1. The number of amides is 1. The number of rotatable bonds is 3. The Bertz CT molecular complexity index is 635. The molecular weight excluding hydrogens is 254 g/mol. The summed E-state index contributed by atoms with van der Waals surface area (Å²) in [5, 5.41) is 2.87. The molecule has 1 amide bonds. The van der Waals surface area contributed by atoms with E-state index in [-0.39, 0.29) is 12.7 Å². The third-order valence-electron chi connectivity index (χ3n) is 3.25. The van der Waals surface area contributed by atoms with Gasteiger partial charge in [-0.25, -0.2) is 0 Å². The first-order valence-electron chi connectivity index (χ1n) is 6.56. The summed E-state index contributed by atoms with van der Waals surface area (Å²) >= 11 is 0. The smallest absolute Gasteiger partial charge is 0.255 e. The van der Waals surface area contributed by atoms with Gasteiger partial charge in [0.15, 0.2) is 11.5 Å². The van der Waals surface area contributed by atoms with Crippen molar-refractivity contribution < 1.29 is 14.3 Å². The van der Waals surface area contributed by atoms with Crippen molar-refractivity contribution in [1.82, 2.24) is 0 Å². The maximum absolute atomic E-state index is 12.2. The Morgan fingerprint density at radius 2 is 1.85 bits per heavy atom. The van der Waals surface area contributed by atoms with Crippen molar-refractivity contribution in [2.24, 2.45) is 0 Å². The first-order chi connectivity index (χ1) is 9.76. The SMILES string of the molecule is CCc1ccc(NC(=O)c2ccc3c(c2)OCO3)cc1. The molecule has 0 aromatic heterocycles. The molecule has 0 atom stereocenters. The van der Waals surface area contributed by atoms with Crippen molar-refractivity contribution in [3.05, 3.63) is 53.6 Å². The van der Waals surface area contributed by atoms with Crippen LogP contribution >= 0.6 is 0 Å². The Morgan fingerprint density at radius 1 is 1.10 bits per heavy atom. The molecule has 2 aromatic rings. The van der Waals surface area contributed by atoms with Crippen LogP contribution < -0.4 is 14.8 Å². The van der Waals surface area contributed by atoms with Crippen LogP contribution in [0.3, 0.4) is 0 Å². The number of carbonyl (C=O) groups is 1. The van der Waals surface area contributed by atoms with Crippen LogP contribution in [0.25, 0.3) is 0 Å². The van der Waals surface area contributed by atoms with Gasteiger partial charge < -0.3 is 14.8 Å². The molecule has 0 unspecified atom stereocenters. The minimum absolute atomic E-state index is 0.160.